The number of piperidine rings is 1. The monoisotopic (exact) mass is 319 g/mol. The first kappa shape index (κ1) is 17.3. The largest absolute Gasteiger partial charge is 0.417 e. The lowest BCUT2D eigenvalue weighted by molar-refractivity contribution is -0.275. The van der Waals surface area contributed by atoms with E-state index in [0.717, 1.165) is 12.6 Å². The SMILES string of the molecule is CC(C)n1cncc1CN1CCC(C(C)(O)C(F)(F)F)CC1. The van der Waals surface area contributed by atoms with Gasteiger partial charge in [-0.05, 0) is 52.6 Å². The molecular formula is C15H24F3N3O. The first-order valence-electron chi connectivity index (χ1n) is 7.65. The number of nitrogens with zero attached hydrogens (tertiary/aromatic N) is 3. The van der Waals surface area contributed by atoms with Crippen LogP contribution in [0.2, 0.25) is 0 Å². The minimum atomic E-state index is -4.57. The van der Waals surface area contributed by atoms with Crippen LogP contribution >= 0.6 is 0 Å². The minimum Gasteiger partial charge on any atom is -0.380 e. The zero-order valence-corrected chi connectivity index (χ0v) is 13.3. The Bertz CT molecular complexity index is 488. The normalized spacial score (nSPS) is 21.3. The van der Waals surface area contributed by atoms with E-state index in [1.807, 2.05) is 0 Å². The minimum absolute atomic E-state index is 0.306. The molecule has 4 nitrogen and oxygen atoms in total. The van der Waals surface area contributed by atoms with E-state index in [-0.39, 0.29) is 0 Å². The third-order valence-electron chi connectivity index (χ3n) is 4.64. The second-order valence-corrected chi connectivity index (χ2v) is 6.58. The van der Waals surface area contributed by atoms with Crippen LogP contribution in [0.3, 0.4) is 0 Å². The van der Waals surface area contributed by atoms with Gasteiger partial charge in [-0.25, -0.2) is 4.98 Å². The Labute approximate surface area is 128 Å². The van der Waals surface area contributed by atoms with E-state index in [9.17, 15) is 18.3 Å². The van der Waals surface area contributed by atoms with E-state index in [0.29, 0.717) is 38.5 Å². The lowest BCUT2D eigenvalue weighted by Crippen LogP contribution is -2.52. The van der Waals surface area contributed by atoms with Crippen molar-refractivity contribution in [3.05, 3.63) is 18.2 Å². The van der Waals surface area contributed by atoms with Gasteiger partial charge in [0.2, 0.25) is 0 Å². The van der Waals surface area contributed by atoms with E-state index in [1.54, 1.807) is 12.5 Å². The Kier molecular flexibility index (Phi) is 4.87. The van der Waals surface area contributed by atoms with Crippen molar-refractivity contribution < 1.29 is 18.3 Å². The Hall–Kier alpha value is -1.08. The van der Waals surface area contributed by atoms with Crippen molar-refractivity contribution in [1.82, 2.24) is 14.5 Å². The molecule has 2 heterocycles. The van der Waals surface area contributed by atoms with Crippen LogP contribution in [-0.2, 0) is 6.54 Å². The van der Waals surface area contributed by atoms with Crippen molar-refractivity contribution in [3.8, 4) is 0 Å². The van der Waals surface area contributed by atoms with Crippen LogP contribution in [0, 0.1) is 5.92 Å². The van der Waals surface area contributed by atoms with Crippen molar-refractivity contribution in [1.29, 1.82) is 0 Å². The number of aromatic nitrogens is 2. The van der Waals surface area contributed by atoms with Crippen LogP contribution in [-0.4, -0.2) is 44.4 Å². The fourth-order valence-electron chi connectivity index (χ4n) is 3.03. The molecule has 22 heavy (non-hydrogen) atoms. The molecule has 0 radical (unpaired) electrons. The fourth-order valence-corrected chi connectivity index (χ4v) is 3.03. The van der Waals surface area contributed by atoms with Crippen molar-refractivity contribution in [2.75, 3.05) is 13.1 Å². The van der Waals surface area contributed by atoms with Gasteiger partial charge in [-0.2, -0.15) is 13.2 Å². The standard InChI is InChI=1S/C15H24F3N3O/c1-11(2)21-10-19-8-13(21)9-20-6-4-12(5-7-20)14(3,22)15(16,17)18/h8,10-12,22H,4-7,9H2,1-3H3. The van der Waals surface area contributed by atoms with Gasteiger partial charge in [0.1, 0.15) is 0 Å². The predicted octanol–water partition coefficient (Wildman–Crippen LogP) is 2.99. The van der Waals surface area contributed by atoms with E-state index in [1.165, 1.54) is 0 Å². The molecule has 1 aromatic rings. The Morgan fingerprint density at radius 3 is 2.41 bits per heavy atom. The van der Waals surface area contributed by atoms with Crippen LogP contribution in [0.15, 0.2) is 12.5 Å². The first-order chi connectivity index (χ1) is 10.1. The summed E-state index contributed by atoms with van der Waals surface area (Å²) in [5.41, 5.74) is -1.53. The van der Waals surface area contributed by atoms with E-state index < -0.39 is 17.7 Å². The second-order valence-electron chi connectivity index (χ2n) is 6.58. The molecule has 0 spiro atoms. The molecular weight excluding hydrogens is 295 g/mol. The number of hydrogen-bond donors (Lipinski definition) is 1. The summed E-state index contributed by atoms with van der Waals surface area (Å²) in [5, 5.41) is 9.78. The maximum atomic E-state index is 12.9. The summed E-state index contributed by atoms with van der Waals surface area (Å²) in [6, 6.07) is 0.306. The van der Waals surface area contributed by atoms with Gasteiger partial charge < -0.3 is 9.67 Å². The smallest absolute Gasteiger partial charge is 0.380 e. The molecule has 1 aliphatic heterocycles. The summed E-state index contributed by atoms with van der Waals surface area (Å²) >= 11 is 0. The topological polar surface area (TPSA) is 41.3 Å². The molecule has 1 fully saturated rings. The first-order valence-corrected chi connectivity index (χ1v) is 7.65. The van der Waals surface area contributed by atoms with Gasteiger partial charge >= 0.3 is 6.18 Å². The van der Waals surface area contributed by atoms with Gasteiger partial charge in [-0.1, -0.05) is 0 Å². The van der Waals surface area contributed by atoms with Crippen LogP contribution < -0.4 is 0 Å². The number of imidazole rings is 1. The summed E-state index contributed by atoms with van der Waals surface area (Å²) in [6.45, 7) is 6.82. The summed E-state index contributed by atoms with van der Waals surface area (Å²) in [4.78, 5) is 6.27. The summed E-state index contributed by atoms with van der Waals surface area (Å²) in [5.74, 6) is -0.737. The molecule has 2 rings (SSSR count). The summed E-state index contributed by atoms with van der Waals surface area (Å²) < 4.78 is 40.7. The highest BCUT2D eigenvalue weighted by atomic mass is 19.4. The maximum Gasteiger partial charge on any atom is 0.417 e. The Balaban J connectivity index is 1.94. The zero-order chi connectivity index (χ0) is 16.5. The van der Waals surface area contributed by atoms with E-state index in [4.69, 9.17) is 0 Å². The Morgan fingerprint density at radius 2 is 1.91 bits per heavy atom. The van der Waals surface area contributed by atoms with Crippen molar-refractivity contribution in [3.63, 3.8) is 0 Å². The molecule has 1 atom stereocenters. The van der Waals surface area contributed by atoms with E-state index in [2.05, 4.69) is 28.3 Å². The molecule has 0 saturated carbocycles. The predicted molar refractivity (Wildman–Crippen MR) is 77.3 cm³/mol. The number of rotatable bonds is 4. The van der Waals surface area contributed by atoms with Crippen LogP contribution in [0.4, 0.5) is 13.2 Å². The third-order valence-corrected chi connectivity index (χ3v) is 4.64. The highest BCUT2D eigenvalue weighted by Crippen LogP contribution is 2.40. The average Bonchev–Trinajstić information content (AvgIpc) is 2.86. The molecule has 0 bridgehead atoms. The lowest BCUT2D eigenvalue weighted by atomic mass is 9.81. The number of alkyl halides is 3. The molecule has 126 valence electrons. The molecule has 0 aromatic carbocycles. The average molecular weight is 319 g/mol. The quantitative estimate of drug-likeness (QED) is 0.927. The highest BCUT2D eigenvalue weighted by molar-refractivity contribution is 5.01. The maximum absolute atomic E-state index is 12.9. The van der Waals surface area contributed by atoms with E-state index >= 15 is 0 Å². The van der Waals surface area contributed by atoms with Gasteiger partial charge in [0.25, 0.3) is 0 Å². The summed E-state index contributed by atoms with van der Waals surface area (Å²) in [6.07, 6.45) is -0.292. The number of hydrogen-bond acceptors (Lipinski definition) is 3. The second kappa shape index (κ2) is 6.20. The van der Waals surface area contributed by atoms with Gasteiger partial charge in [-0.15, -0.1) is 0 Å². The van der Waals surface area contributed by atoms with Crippen LogP contribution in [0.1, 0.15) is 45.3 Å². The van der Waals surface area contributed by atoms with Gasteiger partial charge in [-0.3, -0.25) is 4.90 Å². The van der Waals surface area contributed by atoms with Crippen molar-refractivity contribution in [2.45, 2.75) is 58.0 Å². The number of aliphatic hydroxyl groups is 1. The Morgan fingerprint density at radius 1 is 1.32 bits per heavy atom. The third kappa shape index (κ3) is 3.46. The van der Waals surface area contributed by atoms with Crippen LogP contribution in [0.5, 0.6) is 0 Å². The number of likely N-dealkylation sites (tertiary alicyclic amines) is 1. The molecule has 0 amide bonds. The summed E-state index contributed by atoms with van der Waals surface area (Å²) in [7, 11) is 0. The lowest BCUT2D eigenvalue weighted by Gasteiger charge is -2.40. The highest BCUT2D eigenvalue weighted by Gasteiger charge is 2.54. The zero-order valence-electron chi connectivity index (χ0n) is 13.3. The van der Waals surface area contributed by atoms with Gasteiger partial charge in [0.05, 0.1) is 12.0 Å². The molecule has 1 aromatic heterocycles. The van der Waals surface area contributed by atoms with Gasteiger partial charge in [0, 0.05) is 18.8 Å². The van der Waals surface area contributed by atoms with Crippen LogP contribution in [0.25, 0.3) is 0 Å². The number of halogens is 3. The molecule has 7 heteroatoms. The van der Waals surface area contributed by atoms with Crippen molar-refractivity contribution in [2.24, 2.45) is 5.92 Å². The van der Waals surface area contributed by atoms with Crippen molar-refractivity contribution >= 4 is 0 Å². The molecule has 1 saturated heterocycles. The van der Waals surface area contributed by atoms with Gasteiger partial charge in [0.15, 0.2) is 5.60 Å². The fraction of sp³-hybridized carbons (Fsp3) is 0.800. The molecule has 1 aliphatic rings. The molecule has 1 N–H and O–H groups in total. The molecule has 1 unspecified atom stereocenters. The molecule has 0 aliphatic carbocycles.